The molecule has 0 unspecified atom stereocenters. The van der Waals surface area contributed by atoms with Gasteiger partial charge in [-0.2, -0.15) is 0 Å². The third kappa shape index (κ3) is 7.21. The van der Waals surface area contributed by atoms with Crippen molar-refractivity contribution < 1.29 is 52.4 Å². The van der Waals surface area contributed by atoms with Crippen LogP contribution >= 0.6 is 0 Å². The Morgan fingerprint density at radius 1 is 0.630 bits per heavy atom. The molecule has 11 nitrogen and oxygen atoms in total. The Morgan fingerprint density at radius 2 is 1.07 bits per heavy atom. The van der Waals surface area contributed by atoms with Crippen LogP contribution < -0.4 is 0 Å². The molecule has 1 rings (SSSR count). The van der Waals surface area contributed by atoms with Gasteiger partial charge in [-0.05, 0) is 0 Å². The SMILES string of the molecule is CC(=O)OC[C@@H]1O[C@@H](OC(C)=O)[C@@H](OC(C)=O)[C@H](OC(C)=O)[C@H]1OC(C)=O. The summed E-state index contributed by atoms with van der Waals surface area (Å²) in [7, 11) is 0. The maximum Gasteiger partial charge on any atom is 0.305 e. The van der Waals surface area contributed by atoms with Crippen molar-refractivity contribution in [3.8, 4) is 0 Å². The molecule has 0 aromatic carbocycles. The Morgan fingerprint density at radius 3 is 1.52 bits per heavy atom. The summed E-state index contributed by atoms with van der Waals surface area (Å²) in [4.78, 5) is 57.0. The number of hydrogen-bond acceptors (Lipinski definition) is 11. The van der Waals surface area contributed by atoms with E-state index in [-0.39, 0.29) is 0 Å². The molecule has 0 radical (unpaired) electrons. The lowest BCUT2D eigenvalue weighted by molar-refractivity contribution is -0.300. The van der Waals surface area contributed by atoms with Gasteiger partial charge < -0.3 is 28.4 Å². The van der Waals surface area contributed by atoms with Crippen LogP contribution in [0.5, 0.6) is 0 Å². The third-order valence-corrected chi connectivity index (χ3v) is 3.23. The highest BCUT2D eigenvalue weighted by atomic mass is 16.7. The molecule has 0 aliphatic carbocycles. The van der Waals surface area contributed by atoms with Crippen LogP contribution in [-0.4, -0.2) is 67.2 Å². The fourth-order valence-electron chi connectivity index (χ4n) is 2.45. The molecule has 0 aromatic heterocycles. The molecule has 0 bridgehead atoms. The van der Waals surface area contributed by atoms with Crippen molar-refractivity contribution in [2.24, 2.45) is 0 Å². The van der Waals surface area contributed by atoms with Gasteiger partial charge in [-0.15, -0.1) is 0 Å². The van der Waals surface area contributed by atoms with Gasteiger partial charge in [0.2, 0.25) is 12.4 Å². The predicted octanol–water partition coefficient (Wildman–Crippen LogP) is -0.367. The topological polar surface area (TPSA) is 141 Å². The maximum atomic E-state index is 11.5. The standard InChI is InChI=1S/C16H22O11/c1-7(17)22-6-12-13(23-8(2)18)14(24-9(3)19)15(25-10(4)20)16(27-12)26-11(5)21/h12-16H,6H2,1-5H3/t12-,13-,14+,15-,16+/m0/s1. The van der Waals surface area contributed by atoms with Crippen LogP contribution in [0.15, 0.2) is 0 Å². The monoisotopic (exact) mass is 390 g/mol. The van der Waals surface area contributed by atoms with Crippen LogP contribution in [0, 0.1) is 0 Å². The van der Waals surface area contributed by atoms with Crippen molar-refractivity contribution in [2.45, 2.75) is 65.3 Å². The highest BCUT2D eigenvalue weighted by Crippen LogP contribution is 2.29. The van der Waals surface area contributed by atoms with Gasteiger partial charge >= 0.3 is 29.8 Å². The van der Waals surface area contributed by atoms with Crippen LogP contribution in [0.1, 0.15) is 34.6 Å². The molecule has 0 N–H and O–H groups in total. The van der Waals surface area contributed by atoms with Crippen LogP contribution in [0.25, 0.3) is 0 Å². The summed E-state index contributed by atoms with van der Waals surface area (Å²) in [6.07, 6.45) is -6.70. The Kier molecular flexibility index (Phi) is 8.16. The Hall–Kier alpha value is -2.69. The van der Waals surface area contributed by atoms with Crippen molar-refractivity contribution in [3.05, 3.63) is 0 Å². The van der Waals surface area contributed by atoms with Gasteiger partial charge in [-0.25, -0.2) is 0 Å². The number of carbonyl (C=O) groups is 5. The zero-order chi connectivity index (χ0) is 20.7. The van der Waals surface area contributed by atoms with E-state index in [0.717, 1.165) is 34.6 Å². The lowest BCUT2D eigenvalue weighted by Gasteiger charge is -2.43. The maximum absolute atomic E-state index is 11.5. The van der Waals surface area contributed by atoms with E-state index in [4.69, 9.17) is 28.4 Å². The van der Waals surface area contributed by atoms with Gasteiger partial charge in [0.1, 0.15) is 12.7 Å². The average molecular weight is 390 g/mol. The van der Waals surface area contributed by atoms with E-state index >= 15 is 0 Å². The highest BCUT2D eigenvalue weighted by molar-refractivity contribution is 5.69. The van der Waals surface area contributed by atoms with Crippen LogP contribution in [0.2, 0.25) is 0 Å². The molecule has 0 aromatic rings. The Labute approximate surface area is 155 Å². The lowest BCUT2D eigenvalue weighted by Crippen LogP contribution is -2.63. The molecule has 1 heterocycles. The van der Waals surface area contributed by atoms with Gasteiger partial charge in [-0.1, -0.05) is 0 Å². The summed E-state index contributed by atoms with van der Waals surface area (Å²) >= 11 is 0. The van der Waals surface area contributed by atoms with E-state index in [1.807, 2.05) is 0 Å². The normalized spacial score (nSPS) is 27.1. The fourth-order valence-corrected chi connectivity index (χ4v) is 2.45. The first-order valence-electron chi connectivity index (χ1n) is 7.99. The van der Waals surface area contributed by atoms with Gasteiger partial charge in [0.25, 0.3) is 0 Å². The van der Waals surface area contributed by atoms with Crippen molar-refractivity contribution in [1.29, 1.82) is 0 Å². The van der Waals surface area contributed by atoms with Crippen molar-refractivity contribution >= 4 is 29.8 Å². The van der Waals surface area contributed by atoms with E-state index in [2.05, 4.69) is 0 Å². The van der Waals surface area contributed by atoms with Gasteiger partial charge in [0, 0.05) is 34.6 Å². The minimum Gasteiger partial charge on any atom is -0.463 e. The summed E-state index contributed by atoms with van der Waals surface area (Å²) in [5.74, 6) is -3.71. The summed E-state index contributed by atoms with van der Waals surface area (Å²) in [6, 6.07) is 0. The predicted molar refractivity (Wildman–Crippen MR) is 83.7 cm³/mol. The number of ether oxygens (including phenoxy) is 6. The lowest BCUT2D eigenvalue weighted by atomic mass is 9.98. The summed E-state index contributed by atoms with van der Waals surface area (Å²) in [5, 5.41) is 0. The number of carbonyl (C=O) groups excluding carboxylic acids is 5. The molecule has 27 heavy (non-hydrogen) atoms. The van der Waals surface area contributed by atoms with Crippen LogP contribution in [-0.2, 0) is 52.4 Å². The minimum absolute atomic E-state index is 0.393. The van der Waals surface area contributed by atoms with E-state index in [9.17, 15) is 24.0 Å². The summed E-state index contributed by atoms with van der Waals surface area (Å²) < 4.78 is 30.8. The molecule has 0 amide bonds. The Bertz CT molecular complexity index is 599. The van der Waals surface area contributed by atoms with Crippen molar-refractivity contribution in [2.75, 3.05) is 6.61 Å². The highest BCUT2D eigenvalue weighted by Gasteiger charge is 2.53. The molecule has 11 heteroatoms. The first-order valence-corrected chi connectivity index (χ1v) is 7.99. The molecule has 0 spiro atoms. The van der Waals surface area contributed by atoms with Gasteiger partial charge in [0.15, 0.2) is 12.2 Å². The zero-order valence-electron chi connectivity index (χ0n) is 15.6. The molecule has 1 fully saturated rings. The summed E-state index contributed by atoms with van der Waals surface area (Å²) in [5.41, 5.74) is 0. The molecule has 1 aliphatic rings. The van der Waals surface area contributed by atoms with E-state index < -0.39 is 67.2 Å². The molecule has 5 atom stereocenters. The molecule has 1 aliphatic heterocycles. The van der Waals surface area contributed by atoms with Crippen molar-refractivity contribution in [1.82, 2.24) is 0 Å². The average Bonchev–Trinajstić information content (AvgIpc) is 2.49. The van der Waals surface area contributed by atoms with E-state index in [1.165, 1.54) is 0 Å². The van der Waals surface area contributed by atoms with Crippen LogP contribution in [0.3, 0.4) is 0 Å². The number of hydrogen-bond donors (Lipinski definition) is 0. The van der Waals surface area contributed by atoms with E-state index in [1.54, 1.807) is 0 Å². The number of rotatable bonds is 6. The molecular formula is C16H22O11. The Balaban J connectivity index is 3.29. The second-order valence-corrected chi connectivity index (χ2v) is 5.68. The van der Waals surface area contributed by atoms with Gasteiger partial charge in [0.05, 0.1) is 0 Å². The van der Waals surface area contributed by atoms with Crippen molar-refractivity contribution in [3.63, 3.8) is 0 Å². The van der Waals surface area contributed by atoms with E-state index in [0.29, 0.717) is 0 Å². The molecule has 1 saturated heterocycles. The second kappa shape index (κ2) is 9.86. The fraction of sp³-hybridized carbons (Fsp3) is 0.688. The van der Waals surface area contributed by atoms with Crippen LogP contribution in [0.4, 0.5) is 0 Å². The largest absolute Gasteiger partial charge is 0.463 e. The number of esters is 5. The summed E-state index contributed by atoms with van der Waals surface area (Å²) in [6.45, 7) is 5.13. The third-order valence-electron chi connectivity index (χ3n) is 3.23. The smallest absolute Gasteiger partial charge is 0.305 e. The quantitative estimate of drug-likeness (QED) is 0.433. The molecule has 152 valence electrons. The molecular weight excluding hydrogens is 368 g/mol. The molecule has 0 saturated carbocycles. The minimum atomic E-state index is -1.48. The first-order chi connectivity index (χ1) is 12.5. The first kappa shape index (κ1) is 22.4. The zero-order valence-corrected chi connectivity index (χ0v) is 15.6. The second-order valence-electron chi connectivity index (χ2n) is 5.68. The van der Waals surface area contributed by atoms with Gasteiger partial charge in [-0.3, -0.25) is 24.0 Å².